The van der Waals surface area contributed by atoms with Gasteiger partial charge in [-0.15, -0.1) is 11.6 Å². The molecule has 0 spiro atoms. The van der Waals surface area contributed by atoms with E-state index in [2.05, 4.69) is 25.9 Å². The number of hydrogen-bond acceptors (Lipinski definition) is 4. The Morgan fingerprint density at radius 1 is 1.35 bits per heavy atom. The average Bonchev–Trinajstić information content (AvgIpc) is 2.27. The third-order valence-electron chi connectivity index (χ3n) is 2.19. The van der Waals surface area contributed by atoms with Gasteiger partial charge in [0.1, 0.15) is 5.52 Å². The van der Waals surface area contributed by atoms with Crippen LogP contribution in [0.25, 0.3) is 11.0 Å². The summed E-state index contributed by atoms with van der Waals surface area (Å²) in [4.78, 5) is 8.36. The minimum Gasteiger partial charge on any atom is -0.254 e. The van der Waals surface area contributed by atoms with E-state index in [0.717, 1.165) is 4.47 Å². The van der Waals surface area contributed by atoms with Crippen molar-refractivity contribution in [2.75, 3.05) is 11.6 Å². The highest BCUT2D eigenvalue weighted by molar-refractivity contribution is 9.10. The molecule has 0 saturated carbocycles. The van der Waals surface area contributed by atoms with Crippen LogP contribution in [0.15, 0.2) is 33.9 Å². The monoisotopic (exact) mass is 334 g/mol. The molecule has 0 aliphatic heterocycles. The maximum absolute atomic E-state index is 12.0. The number of halogens is 2. The van der Waals surface area contributed by atoms with Gasteiger partial charge in [-0.2, -0.15) is 0 Å². The van der Waals surface area contributed by atoms with Gasteiger partial charge in [-0.25, -0.2) is 8.42 Å². The van der Waals surface area contributed by atoms with E-state index in [4.69, 9.17) is 11.6 Å². The van der Waals surface area contributed by atoms with Crippen molar-refractivity contribution >= 4 is 48.4 Å². The summed E-state index contributed by atoms with van der Waals surface area (Å²) in [6.07, 6.45) is 3.00. The van der Waals surface area contributed by atoms with E-state index in [9.17, 15) is 8.42 Å². The zero-order valence-corrected chi connectivity index (χ0v) is 11.8. The van der Waals surface area contributed by atoms with E-state index >= 15 is 0 Å². The molecular formula is C10H8BrClN2O2S. The van der Waals surface area contributed by atoms with Crippen LogP contribution < -0.4 is 0 Å². The second kappa shape index (κ2) is 4.88. The van der Waals surface area contributed by atoms with Crippen LogP contribution in [0, 0.1) is 0 Å². The number of aromatic nitrogens is 2. The van der Waals surface area contributed by atoms with Crippen molar-refractivity contribution in [1.82, 2.24) is 9.97 Å². The topological polar surface area (TPSA) is 59.9 Å². The maximum atomic E-state index is 12.0. The molecule has 0 bridgehead atoms. The quantitative estimate of drug-likeness (QED) is 0.808. The summed E-state index contributed by atoms with van der Waals surface area (Å²) in [6.45, 7) is 0. The van der Waals surface area contributed by atoms with Crippen LogP contribution in [0.1, 0.15) is 0 Å². The highest BCUT2D eigenvalue weighted by Crippen LogP contribution is 2.22. The van der Waals surface area contributed by atoms with Crippen molar-refractivity contribution in [3.05, 3.63) is 29.0 Å². The molecule has 17 heavy (non-hydrogen) atoms. The number of fused-ring (bicyclic) bond motifs is 1. The third kappa shape index (κ3) is 2.59. The van der Waals surface area contributed by atoms with Crippen LogP contribution in [0.3, 0.4) is 0 Å². The molecule has 4 nitrogen and oxygen atoms in total. The van der Waals surface area contributed by atoms with Gasteiger partial charge in [0, 0.05) is 22.7 Å². The molecule has 90 valence electrons. The first kappa shape index (κ1) is 12.7. The Bertz CT molecular complexity index is 660. The van der Waals surface area contributed by atoms with Gasteiger partial charge in [0.05, 0.1) is 16.2 Å². The van der Waals surface area contributed by atoms with E-state index in [1.165, 1.54) is 12.3 Å². The van der Waals surface area contributed by atoms with Crippen molar-refractivity contribution in [3.8, 4) is 0 Å². The second-order valence-electron chi connectivity index (χ2n) is 3.34. The first-order valence-electron chi connectivity index (χ1n) is 4.73. The number of rotatable bonds is 3. The predicted octanol–water partition coefficient (Wildman–Crippen LogP) is 2.40. The summed E-state index contributed by atoms with van der Waals surface area (Å²) < 4.78 is 24.7. The lowest BCUT2D eigenvalue weighted by molar-refractivity contribution is 0.598. The molecule has 2 aromatic rings. The summed E-state index contributed by atoms with van der Waals surface area (Å²) in [5.41, 5.74) is 0.913. The number of alkyl halides is 1. The molecule has 2 heterocycles. The Kier molecular flexibility index (Phi) is 3.65. The summed E-state index contributed by atoms with van der Waals surface area (Å²) >= 11 is 8.75. The Morgan fingerprint density at radius 3 is 2.82 bits per heavy atom. The van der Waals surface area contributed by atoms with E-state index in [-0.39, 0.29) is 16.5 Å². The number of pyridine rings is 2. The summed E-state index contributed by atoms with van der Waals surface area (Å²) in [5, 5.41) is 0. The van der Waals surface area contributed by atoms with Gasteiger partial charge in [0.2, 0.25) is 0 Å². The smallest absolute Gasteiger partial charge is 0.181 e. The van der Waals surface area contributed by atoms with E-state index in [1.54, 1.807) is 12.3 Å². The summed E-state index contributed by atoms with van der Waals surface area (Å²) in [5.74, 6) is -0.0475. The molecule has 0 saturated heterocycles. The molecule has 2 aromatic heterocycles. The molecule has 0 atom stereocenters. The van der Waals surface area contributed by atoms with Crippen LogP contribution in [0.5, 0.6) is 0 Å². The zero-order chi connectivity index (χ0) is 12.5. The normalized spacial score (nSPS) is 11.9. The van der Waals surface area contributed by atoms with Crippen LogP contribution in [-0.4, -0.2) is 30.0 Å². The molecule has 0 aliphatic rings. The zero-order valence-electron chi connectivity index (χ0n) is 8.60. The SMILES string of the molecule is O=S(=O)(CCCl)c1ccnc2cc(Br)cnc12. The average molecular weight is 336 g/mol. The van der Waals surface area contributed by atoms with Gasteiger partial charge < -0.3 is 0 Å². The fraction of sp³-hybridized carbons (Fsp3) is 0.200. The Hall–Kier alpha value is -0.720. The van der Waals surface area contributed by atoms with Crippen LogP contribution in [0.4, 0.5) is 0 Å². The van der Waals surface area contributed by atoms with Crippen molar-refractivity contribution in [3.63, 3.8) is 0 Å². The van der Waals surface area contributed by atoms with Gasteiger partial charge >= 0.3 is 0 Å². The van der Waals surface area contributed by atoms with Crippen molar-refractivity contribution in [2.24, 2.45) is 0 Å². The minimum atomic E-state index is -3.40. The van der Waals surface area contributed by atoms with Crippen molar-refractivity contribution in [2.45, 2.75) is 4.90 Å². The summed E-state index contributed by atoms with van der Waals surface area (Å²) in [6, 6.07) is 3.17. The number of sulfone groups is 1. The molecule has 0 N–H and O–H groups in total. The summed E-state index contributed by atoms with van der Waals surface area (Å²) in [7, 11) is -3.40. The molecule has 0 aromatic carbocycles. The molecule has 0 amide bonds. The van der Waals surface area contributed by atoms with Gasteiger partial charge in [-0.3, -0.25) is 9.97 Å². The van der Waals surface area contributed by atoms with Crippen LogP contribution in [0.2, 0.25) is 0 Å². The lowest BCUT2D eigenvalue weighted by Crippen LogP contribution is -2.09. The molecule has 0 unspecified atom stereocenters. The molecule has 7 heteroatoms. The van der Waals surface area contributed by atoms with E-state index < -0.39 is 9.84 Å². The van der Waals surface area contributed by atoms with Crippen LogP contribution >= 0.6 is 27.5 Å². The number of nitrogens with zero attached hydrogens (tertiary/aromatic N) is 2. The minimum absolute atomic E-state index is 0.0582. The van der Waals surface area contributed by atoms with E-state index in [1.807, 2.05) is 0 Å². The molecule has 0 fully saturated rings. The fourth-order valence-electron chi connectivity index (χ4n) is 1.44. The Balaban J connectivity index is 2.71. The Labute approximate surface area is 112 Å². The van der Waals surface area contributed by atoms with Gasteiger partial charge in [-0.05, 0) is 28.1 Å². The van der Waals surface area contributed by atoms with Gasteiger partial charge in [-0.1, -0.05) is 0 Å². The fourth-order valence-corrected chi connectivity index (χ4v) is 3.52. The molecule has 0 radical (unpaired) electrons. The van der Waals surface area contributed by atoms with Crippen LogP contribution in [-0.2, 0) is 9.84 Å². The largest absolute Gasteiger partial charge is 0.254 e. The maximum Gasteiger partial charge on any atom is 0.181 e. The second-order valence-corrected chi connectivity index (χ2v) is 6.71. The molecular weight excluding hydrogens is 328 g/mol. The molecule has 2 rings (SSSR count). The number of hydrogen-bond donors (Lipinski definition) is 0. The lowest BCUT2D eigenvalue weighted by atomic mass is 10.3. The molecule has 0 aliphatic carbocycles. The van der Waals surface area contributed by atoms with Crippen molar-refractivity contribution in [1.29, 1.82) is 0 Å². The highest BCUT2D eigenvalue weighted by Gasteiger charge is 2.18. The lowest BCUT2D eigenvalue weighted by Gasteiger charge is -2.05. The first-order valence-corrected chi connectivity index (χ1v) is 7.71. The highest BCUT2D eigenvalue weighted by atomic mass is 79.9. The standard InChI is InChI=1S/C10H8BrClN2O2S/c11-7-5-8-10(14-6-7)9(1-3-13-8)17(15,16)4-2-12/h1,3,5-6H,2,4H2. The Morgan fingerprint density at radius 2 is 2.12 bits per heavy atom. The van der Waals surface area contributed by atoms with Gasteiger partial charge in [0.25, 0.3) is 0 Å². The van der Waals surface area contributed by atoms with E-state index in [0.29, 0.717) is 11.0 Å². The third-order valence-corrected chi connectivity index (χ3v) is 4.78. The van der Waals surface area contributed by atoms with Gasteiger partial charge in [0.15, 0.2) is 9.84 Å². The first-order chi connectivity index (χ1) is 8.04. The predicted molar refractivity (Wildman–Crippen MR) is 70.0 cm³/mol. The van der Waals surface area contributed by atoms with Crippen molar-refractivity contribution < 1.29 is 8.42 Å².